The second kappa shape index (κ2) is 7.99. The predicted octanol–water partition coefficient (Wildman–Crippen LogP) is 2.84. The number of piperidine rings is 1. The van der Waals surface area contributed by atoms with E-state index >= 15 is 0 Å². The lowest BCUT2D eigenvalue weighted by Gasteiger charge is -2.35. The Labute approximate surface area is 138 Å². The van der Waals surface area contributed by atoms with Gasteiger partial charge < -0.3 is 15.5 Å². The van der Waals surface area contributed by atoms with Crippen LogP contribution in [0.15, 0.2) is 30.3 Å². The molecule has 2 N–H and O–H groups in total. The van der Waals surface area contributed by atoms with E-state index in [1.54, 1.807) is 6.92 Å². The van der Waals surface area contributed by atoms with Crippen LogP contribution in [0, 0.1) is 0 Å². The molecule has 1 fully saturated rings. The lowest BCUT2D eigenvalue weighted by molar-refractivity contribution is -0.136. The van der Waals surface area contributed by atoms with E-state index in [1.807, 2.05) is 42.2 Å². The minimum absolute atomic E-state index is 0.000265. The molecule has 5 nitrogen and oxygen atoms in total. The minimum atomic E-state index is -0.515. The topological polar surface area (TPSA) is 61.4 Å². The molecule has 0 radical (unpaired) electrons. The number of hydrogen-bond acceptors (Lipinski definition) is 2. The zero-order valence-electron chi connectivity index (χ0n) is 14.2. The van der Waals surface area contributed by atoms with Crippen molar-refractivity contribution >= 4 is 11.9 Å². The van der Waals surface area contributed by atoms with Crippen molar-refractivity contribution in [3.63, 3.8) is 0 Å². The number of benzene rings is 1. The Bertz CT molecular complexity index is 532. The van der Waals surface area contributed by atoms with Crippen molar-refractivity contribution in [1.82, 2.24) is 15.5 Å². The summed E-state index contributed by atoms with van der Waals surface area (Å²) in [6.07, 6.45) is 3.25. The van der Waals surface area contributed by atoms with Crippen LogP contribution >= 0.6 is 0 Å². The van der Waals surface area contributed by atoms with Gasteiger partial charge in [-0.05, 0) is 45.6 Å². The van der Waals surface area contributed by atoms with E-state index in [4.69, 9.17) is 0 Å². The smallest absolute Gasteiger partial charge is 0.315 e. The lowest BCUT2D eigenvalue weighted by Crippen LogP contribution is -2.53. The van der Waals surface area contributed by atoms with E-state index in [-0.39, 0.29) is 24.0 Å². The molecule has 1 aromatic rings. The summed E-state index contributed by atoms with van der Waals surface area (Å²) in [6, 6.07) is 9.08. The number of amides is 3. The summed E-state index contributed by atoms with van der Waals surface area (Å²) in [7, 11) is 0. The number of nitrogens with one attached hydrogen (secondary N) is 2. The van der Waals surface area contributed by atoms with Crippen LogP contribution in [0.2, 0.25) is 0 Å². The first kappa shape index (κ1) is 17.3. The molecule has 126 valence electrons. The Hall–Kier alpha value is -2.04. The van der Waals surface area contributed by atoms with Crippen LogP contribution in [-0.4, -0.2) is 35.5 Å². The van der Waals surface area contributed by atoms with Crippen molar-refractivity contribution in [2.75, 3.05) is 6.54 Å². The van der Waals surface area contributed by atoms with Gasteiger partial charge in [0.15, 0.2) is 0 Å². The Morgan fingerprint density at radius 3 is 2.48 bits per heavy atom. The SMILES string of the molecule is C[C@H](NC(=O)N[C@@H](C)c1ccccc1)C(=O)N1CCCC[C@H]1C. The number of rotatable bonds is 4. The molecule has 5 heteroatoms. The summed E-state index contributed by atoms with van der Waals surface area (Å²) in [4.78, 5) is 26.5. The first-order valence-corrected chi connectivity index (χ1v) is 8.41. The highest BCUT2D eigenvalue weighted by Crippen LogP contribution is 2.17. The van der Waals surface area contributed by atoms with Gasteiger partial charge in [0, 0.05) is 12.6 Å². The van der Waals surface area contributed by atoms with Gasteiger partial charge >= 0.3 is 6.03 Å². The zero-order valence-corrected chi connectivity index (χ0v) is 14.2. The fourth-order valence-corrected chi connectivity index (χ4v) is 3.00. The Balaban J connectivity index is 1.85. The van der Waals surface area contributed by atoms with E-state index in [2.05, 4.69) is 17.6 Å². The Morgan fingerprint density at radius 2 is 1.83 bits per heavy atom. The van der Waals surface area contributed by atoms with Gasteiger partial charge in [0.1, 0.15) is 6.04 Å². The molecule has 1 aliphatic heterocycles. The van der Waals surface area contributed by atoms with Crippen molar-refractivity contribution in [2.45, 2.75) is 58.2 Å². The van der Waals surface area contributed by atoms with Crippen LogP contribution in [0.4, 0.5) is 4.79 Å². The zero-order chi connectivity index (χ0) is 16.8. The summed E-state index contributed by atoms with van der Waals surface area (Å²) in [5, 5.41) is 5.63. The number of nitrogens with zero attached hydrogens (tertiary/aromatic N) is 1. The number of likely N-dealkylation sites (tertiary alicyclic amines) is 1. The van der Waals surface area contributed by atoms with Crippen LogP contribution in [0.5, 0.6) is 0 Å². The van der Waals surface area contributed by atoms with Crippen molar-refractivity contribution < 1.29 is 9.59 Å². The molecule has 1 aliphatic rings. The van der Waals surface area contributed by atoms with Gasteiger partial charge in [-0.15, -0.1) is 0 Å². The highest BCUT2D eigenvalue weighted by molar-refractivity contribution is 5.87. The minimum Gasteiger partial charge on any atom is -0.338 e. The molecule has 3 amide bonds. The van der Waals surface area contributed by atoms with Gasteiger partial charge in [-0.1, -0.05) is 30.3 Å². The number of urea groups is 1. The van der Waals surface area contributed by atoms with Gasteiger partial charge in [-0.3, -0.25) is 4.79 Å². The highest BCUT2D eigenvalue weighted by atomic mass is 16.2. The molecule has 1 heterocycles. The van der Waals surface area contributed by atoms with Crippen molar-refractivity contribution in [3.05, 3.63) is 35.9 Å². The second-order valence-electron chi connectivity index (χ2n) is 6.35. The average molecular weight is 317 g/mol. The van der Waals surface area contributed by atoms with Crippen LogP contribution in [0.25, 0.3) is 0 Å². The van der Waals surface area contributed by atoms with Crippen molar-refractivity contribution in [3.8, 4) is 0 Å². The molecule has 0 aromatic heterocycles. The summed E-state index contributed by atoms with van der Waals surface area (Å²) in [6.45, 7) is 6.53. The summed E-state index contributed by atoms with van der Waals surface area (Å²) in [5.74, 6) is -0.000265. The summed E-state index contributed by atoms with van der Waals surface area (Å²) >= 11 is 0. The van der Waals surface area contributed by atoms with Crippen LogP contribution in [-0.2, 0) is 4.79 Å². The third kappa shape index (κ3) is 4.71. The molecule has 3 atom stereocenters. The maximum Gasteiger partial charge on any atom is 0.315 e. The van der Waals surface area contributed by atoms with E-state index in [9.17, 15) is 9.59 Å². The fraction of sp³-hybridized carbons (Fsp3) is 0.556. The monoisotopic (exact) mass is 317 g/mol. The normalized spacial score (nSPS) is 20.5. The Morgan fingerprint density at radius 1 is 1.13 bits per heavy atom. The molecule has 0 saturated carbocycles. The van der Waals surface area contributed by atoms with Gasteiger partial charge in [-0.2, -0.15) is 0 Å². The second-order valence-corrected chi connectivity index (χ2v) is 6.35. The summed E-state index contributed by atoms with van der Waals surface area (Å²) in [5.41, 5.74) is 1.03. The molecule has 23 heavy (non-hydrogen) atoms. The maximum absolute atomic E-state index is 12.5. The fourth-order valence-electron chi connectivity index (χ4n) is 3.00. The van der Waals surface area contributed by atoms with Gasteiger partial charge in [0.2, 0.25) is 5.91 Å². The molecule has 0 spiro atoms. The molecule has 1 aromatic carbocycles. The van der Waals surface area contributed by atoms with Gasteiger partial charge in [0.25, 0.3) is 0 Å². The average Bonchev–Trinajstić information content (AvgIpc) is 2.55. The molecule has 1 saturated heterocycles. The quantitative estimate of drug-likeness (QED) is 0.897. The largest absolute Gasteiger partial charge is 0.338 e. The predicted molar refractivity (Wildman–Crippen MR) is 91.0 cm³/mol. The molecule has 0 bridgehead atoms. The number of carbonyl (C=O) groups is 2. The van der Waals surface area contributed by atoms with Crippen molar-refractivity contribution in [1.29, 1.82) is 0 Å². The van der Waals surface area contributed by atoms with E-state index in [0.29, 0.717) is 0 Å². The first-order valence-electron chi connectivity index (χ1n) is 8.41. The lowest BCUT2D eigenvalue weighted by atomic mass is 10.0. The molecule has 0 unspecified atom stereocenters. The molecular formula is C18H27N3O2. The third-order valence-electron chi connectivity index (χ3n) is 4.45. The first-order chi connectivity index (χ1) is 11.0. The van der Waals surface area contributed by atoms with Crippen LogP contribution in [0.3, 0.4) is 0 Å². The molecule has 2 rings (SSSR count). The van der Waals surface area contributed by atoms with Gasteiger partial charge in [0.05, 0.1) is 6.04 Å². The molecular weight excluding hydrogens is 290 g/mol. The standard InChI is InChI=1S/C18H27N3O2/c1-13-9-7-8-12-21(13)17(22)15(3)20-18(23)19-14(2)16-10-5-4-6-11-16/h4-6,10-11,13-15H,7-9,12H2,1-3H3,(H2,19,20,23)/t13-,14+,15+/m1/s1. The van der Waals surface area contributed by atoms with E-state index in [1.165, 1.54) is 6.42 Å². The van der Waals surface area contributed by atoms with Crippen molar-refractivity contribution in [2.24, 2.45) is 0 Å². The maximum atomic E-state index is 12.5. The summed E-state index contributed by atoms with van der Waals surface area (Å²) < 4.78 is 0. The third-order valence-corrected chi connectivity index (χ3v) is 4.45. The van der Waals surface area contributed by atoms with Crippen LogP contribution in [0.1, 0.15) is 51.6 Å². The highest BCUT2D eigenvalue weighted by Gasteiger charge is 2.27. The Kier molecular flexibility index (Phi) is 6.02. The van der Waals surface area contributed by atoms with Gasteiger partial charge in [-0.25, -0.2) is 4.79 Å². The molecule has 0 aliphatic carbocycles. The number of carbonyl (C=O) groups excluding carboxylic acids is 2. The van der Waals surface area contributed by atoms with E-state index in [0.717, 1.165) is 24.9 Å². The number of hydrogen-bond donors (Lipinski definition) is 2. The van der Waals surface area contributed by atoms with E-state index < -0.39 is 6.04 Å². The van der Waals surface area contributed by atoms with Crippen LogP contribution < -0.4 is 10.6 Å².